The molecule has 0 bridgehead atoms. The van der Waals surface area contributed by atoms with E-state index < -0.39 is 26.9 Å². The molecule has 0 unspecified atom stereocenters. The Labute approximate surface area is 114 Å². The standard InChI is InChI=1S/C11H15N3O5S/c1-20(17,18)14-4-2-11(3-5-14)8-7(6-19-11)12-10(16)13-9(8)15/h2-6H2,1H3,(H2,12,13,15,16). The highest BCUT2D eigenvalue weighted by Gasteiger charge is 2.46. The number of piperidine rings is 1. The first kappa shape index (κ1) is 13.5. The van der Waals surface area contributed by atoms with E-state index in [2.05, 4.69) is 9.97 Å². The summed E-state index contributed by atoms with van der Waals surface area (Å²) in [6, 6.07) is 0. The Morgan fingerprint density at radius 1 is 1.20 bits per heavy atom. The number of fused-ring (bicyclic) bond motifs is 2. The minimum absolute atomic E-state index is 0.174. The van der Waals surface area contributed by atoms with Gasteiger partial charge in [-0.2, -0.15) is 0 Å². The van der Waals surface area contributed by atoms with Gasteiger partial charge in [-0.1, -0.05) is 0 Å². The first-order valence-corrected chi connectivity index (χ1v) is 8.12. The van der Waals surface area contributed by atoms with Gasteiger partial charge in [0.1, 0.15) is 5.60 Å². The van der Waals surface area contributed by atoms with Crippen LogP contribution in [-0.4, -0.2) is 42.0 Å². The first-order valence-electron chi connectivity index (χ1n) is 6.27. The number of ether oxygens (including phenoxy) is 1. The Hall–Kier alpha value is -1.45. The Balaban J connectivity index is 1.97. The smallest absolute Gasteiger partial charge is 0.325 e. The number of aromatic nitrogens is 2. The van der Waals surface area contributed by atoms with E-state index in [9.17, 15) is 18.0 Å². The summed E-state index contributed by atoms with van der Waals surface area (Å²) in [5, 5.41) is 0. The molecule has 9 heteroatoms. The molecule has 110 valence electrons. The molecule has 8 nitrogen and oxygen atoms in total. The van der Waals surface area contributed by atoms with Crippen LogP contribution in [0.5, 0.6) is 0 Å². The first-order chi connectivity index (χ1) is 9.32. The van der Waals surface area contributed by atoms with Crippen LogP contribution >= 0.6 is 0 Å². The summed E-state index contributed by atoms with van der Waals surface area (Å²) in [6.07, 6.45) is 1.98. The maximum atomic E-state index is 12.0. The summed E-state index contributed by atoms with van der Waals surface area (Å²) in [7, 11) is -3.23. The van der Waals surface area contributed by atoms with Crippen molar-refractivity contribution in [3.8, 4) is 0 Å². The number of aromatic amines is 2. The van der Waals surface area contributed by atoms with E-state index in [1.807, 2.05) is 0 Å². The number of hydrogen-bond acceptors (Lipinski definition) is 5. The van der Waals surface area contributed by atoms with Crippen LogP contribution in [0.25, 0.3) is 0 Å². The van der Waals surface area contributed by atoms with Crippen LogP contribution in [0, 0.1) is 0 Å². The van der Waals surface area contributed by atoms with E-state index in [-0.39, 0.29) is 6.61 Å². The largest absolute Gasteiger partial charge is 0.364 e. The van der Waals surface area contributed by atoms with Gasteiger partial charge in [0.15, 0.2) is 0 Å². The number of nitrogens with one attached hydrogen (secondary N) is 2. The van der Waals surface area contributed by atoms with E-state index in [1.54, 1.807) is 0 Å². The molecule has 2 aliphatic heterocycles. The van der Waals surface area contributed by atoms with Crippen LogP contribution in [0.3, 0.4) is 0 Å². The summed E-state index contributed by atoms with van der Waals surface area (Å²) < 4.78 is 30.1. The SMILES string of the molecule is CS(=O)(=O)N1CCC2(CC1)OCc1[nH]c(=O)[nH]c(=O)c12. The van der Waals surface area contributed by atoms with Crippen molar-refractivity contribution in [3.05, 3.63) is 32.1 Å². The van der Waals surface area contributed by atoms with Crippen molar-refractivity contribution in [2.75, 3.05) is 19.3 Å². The molecular weight excluding hydrogens is 286 g/mol. The molecule has 2 N–H and O–H groups in total. The lowest BCUT2D eigenvalue weighted by molar-refractivity contribution is -0.0697. The molecule has 20 heavy (non-hydrogen) atoms. The summed E-state index contributed by atoms with van der Waals surface area (Å²) in [4.78, 5) is 28.0. The zero-order valence-electron chi connectivity index (χ0n) is 10.9. The van der Waals surface area contributed by atoms with Gasteiger partial charge in [0.2, 0.25) is 10.0 Å². The van der Waals surface area contributed by atoms with E-state index in [0.29, 0.717) is 37.2 Å². The van der Waals surface area contributed by atoms with Crippen molar-refractivity contribution in [2.24, 2.45) is 0 Å². The van der Waals surface area contributed by atoms with Gasteiger partial charge in [-0.3, -0.25) is 9.78 Å². The third-order valence-corrected chi connectivity index (χ3v) is 5.27. The Morgan fingerprint density at radius 3 is 2.45 bits per heavy atom. The van der Waals surface area contributed by atoms with Gasteiger partial charge >= 0.3 is 5.69 Å². The molecule has 0 aromatic carbocycles. The van der Waals surface area contributed by atoms with Gasteiger partial charge in [0.05, 0.1) is 24.1 Å². The van der Waals surface area contributed by atoms with Crippen LogP contribution in [0.1, 0.15) is 24.1 Å². The van der Waals surface area contributed by atoms with Gasteiger partial charge in [-0.15, -0.1) is 0 Å². The molecule has 0 saturated carbocycles. The van der Waals surface area contributed by atoms with Crippen molar-refractivity contribution in [2.45, 2.75) is 25.0 Å². The highest BCUT2D eigenvalue weighted by Crippen LogP contribution is 2.41. The highest BCUT2D eigenvalue weighted by atomic mass is 32.2. The second-order valence-electron chi connectivity index (χ2n) is 5.21. The molecule has 1 fully saturated rings. The van der Waals surface area contributed by atoms with Crippen LogP contribution < -0.4 is 11.2 Å². The van der Waals surface area contributed by atoms with Crippen molar-refractivity contribution in [3.63, 3.8) is 0 Å². The molecule has 0 aliphatic carbocycles. The van der Waals surface area contributed by atoms with Gasteiger partial charge in [0.25, 0.3) is 5.56 Å². The average Bonchev–Trinajstić information content (AvgIpc) is 2.67. The predicted molar refractivity (Wildman–Crippen MR) is 69.8 cm³/mol. The molecule has 0 atom stereocenters. The summed E-state index contributed by atoms with van der Waals surface area (Å²) in [5.74, 6) is 0. The highest BCUT2D eigenvalue weighted by molar-refractivity contribution is 7.88. The molecule has 1 aromatic rings. The zero-order chi connectivity index (χ0) is 14.5. The van der Waals surface area contributed by atoms with Crippen molar-refractivity contribution < 1.29 is 13.2 Å². The lowest BCUT2D eigenvalue weighted by atomic mass is 9.86. The second-order valence-corrected chi connectivity index (χ2v) is 7.19. The number of hydrogen-bond donors (Lipinski definition) is 2. The zero-order valence-corrected chi connectivity index (χ0v) is 11.7. The second kappa shape index (κ2) is 4.27. The predicted octanol–water partition coefficient (Wildman–Crippen LogP) is -1.16. The molecule has 1 aromatic heterocycles. The molecular formula is C11H15N3O5S. The molecule has 3 rings (SSSR count). The molecule has 0 amide bonds. The lowest BCUT2D eigenvalue weighted by Crippen LogP contribution is -2.46. The fourth-order valence-electron chi connectivity index (χ4n) is 2.98. The van der Waals surface area contributed by atoms with Gasteiger partial charge in [-0.05, 0) is 12.8 Å². The van der Waals surface area contributed by atoms with Crippen molar-refractivity contribution >= 4 is 10.0 Å². The Morgan fingerprint density at radius 2 is 1.85 bits per heavy atom. The number of nitrogens with zero attached hydrogens (tertiary/aromatic N) is 1. The minimum Gasteiger partial charge on any atom is -0.364 e. The lowest BCUT2D eigenvalue weighted by Gasteiger charge is -2.37. The van der Waals surface area contributed by atoms with E-state index in [0.717, 1.165) is 0 Å². The normalized spacial score (nSPS) is 22.1. The molecule has 1 spiro atoms. The summed E-state index contributed by atoms with van der Waals surface area (Å²) >= 11 is 0. The summed E-state index contributed by atoms with van der Waals surface area (Å²) in [6.45, 7) is 0.779. The van der Waals surface area contributed by atoms with Crippen molar-refractivity contribution in [1.29, 1.82) is 0 Å². The van der Waals surface area contributed by atoms with E-state index in [4.69, 9.17) is 4.74 Å². The third kappa shape index (κ3) is 2.02. The minimum atomic E-state index is -3.23. The fourth-order valence-corrected chi connectivity index (χ4v) is 3.83. The average molecular weight is 301 g/mol. The third-order valence-electron chi connectivity index (χ3n) is 3.97. The van der Waals surface area contributed by atoms with E-state index >= 15 is 0 Å². The van der Waals surface area contributed by atoms with Gasteiger partial charge < -0.3 is 9.72 Å². The number of rotatable bonds is 1. The Kier molecular flexibility index (Phi) is 2.89. The molecule has 2 aliphatic rings. The maximum Gasteiger partial charge on any atom is 0.325 e. The molecule has 0 radical (unpaired) electrons. The topological polar surface area (TPSA) is 112 Å². The maximum absolute atomic E-state index is 12.0. The Bertz CT molecular complexity index is 755. The van der Waals surface area contributed by atoms with E-state index in [1.165, 1.54) is 10.6 Å². The monoisotopic (exact) mass is 301 g/mol. The molecule has 1 saturated heterocycles. The van der Waals surface area contributed by atoms with Gasteiger partial charge in [-0.25, -0.2) is 17.5 Å². The number of sulfonamides is 1. The van der Waals surface area contributed by atoms with Gasteiger partial charge in [0, 0.05) is 13.1 Å². The van der Waals surface area contributed by atoms with Crippen LogP contribution in [0.2, 0.25) is 0 Å². The number of H-pyrrole nitrogens is 2. The fraction of sp³-hybridized carbons (Fsp3) is 0.636. The van der Waals surface area contributed by atoms with Crippen LogP contribution in [0.15, 0.2) is 9.59 Å². The van der Waals surface area contributed by atoms with Crippen LogP contribution in [-0.2, 0) is 27.0 Å². The quantitative estimate of drug-likeness (QED) is 0.680. The van der Waals surface area contributed by atoms with Crippen LogP contribution in [0.4, 0.5) is 0 Å². The molecule has 3 heterocycles. The van der Waals surface area contributed by atoms with Crippen molar-refractivity contribution in [1.82, 2.24) is 14.3 Å². The summed E-state index contributed by atoms with van der Waals surface area (Å²) in [5.41, 5.74) is -0.859.